The summed E-state index contributed by atoms with van der Waals surface area (Å²) in [6, 6.07) is 9.67. The molecule has 2 aromatic rings. The van der Waals surface area contributed by atoms with Crippen LogP contribution < -0.4 is 0 Å². The molecule has 4 heteroatoms. The highest BCUT2D eigenvalue weighted by Crippen LogP contribution is 2.28. The van der Waals surface area contributed by atoms with Crippen LogP contribution in [-0.2, 0) is 6.42 Å². The molecule has 2 nitrogen and oxygen atoms in total. The van der Waals surface area contributed by atoms with Crippen molar-refractivity contribution in [1.82, 2.24) is 4.98 Å². The lowest BCUT2D eigenvalue weighted by Crippen LogP contribution is -1.91. The predicted molar refractivity (Wildman–Crippen MR) is 64.0 cm³/mol. The Bertz CT molecular complexity index is 573. The van der Waals surface area contributed by atoms with Crippen molar-refractivity contribution in [1.29, 1.82) is 5.26 Å². The summed E-state index contributed by atoms with van der Waals surface area (Å²) < 4.78 is 12.8. The molecule has 0 unspecified atom stereocenters. The summed E-state index contributed by atoms with van der Waals surface area (Å²) in [6.45, 7) is 0. The van der Waals surface area contributed by atoms with Gasteiger partial charge in [0.2, 0.25) is 0 Å². The normalized spacial score (nSPS) is 9.94. The molecule has 0 bridgehead atoms. The summed E-state index contributed by atoms with van der Waals surface area (Å²) in [6.07, 6.45) is 1.83. The summed E-state index contributed by atoms with van der Waals surface area (Å²) in [4.78, 5) is 4.16. The van der Waals surface area contributed by atoms with Crippen molar-refractivity contribution in [3.63, 3.8) is 0 Å². The van der Waals surface area contributed by atoms with Crippen LogP contribution >= 0.6 is 11.6 Å². The molecule has 0 aliphatic carbocycles. The van der Waals surface area contributed by atoms with Crippen LogP contribution in [-0.4, -0.2) is 4.98 Å². The minimum Gasteiger partial charge on any atom is -0.255 e. The number of benzene rings is 1. The van der Waals surface area contributed by atoms with Crippen LogP contribution in [0.4, 0.5) is 4.39 Å². The fourth-order valence-electron chi connectivity index (χ4n) is 1.51. The van der Waals surface area contributed by atoms with Crippen molar-refractivity contribution in [2.75, 3.05) is 0 Å². The average molecular weight is 247 g/mol. The fourth-order valence-corrected chi connectivity index (χ4v) is 1.80. The molecule has 0 radical (unpaired) electrons. The summed E-state index contributed by atoms with van der Waals surface area (Å²) in [5.74, 6) is -0.307. The summed E-state index contributed by atoms with van der Waals surface area (Å²) in [5, 5.41) is 9.11. The molecular formula is C13H8ClFN2. The van der Waals surface area contributed by atoms with Crippen molar-refractivity contribution >= 4 is 11.6 Å². The number of rotatable bonds is 2. The predicted octanol–water partition coefficient (Wildman–Crippen LogP) is 3.61. The molecule has 1 heterocycles. The number of pyridine rings is 1. The average Bonchev–Trinajstić information content (AvgIpc) is 2.34. The lowest BCUT2D eigenvalue weighted by atomic mass is 10.1. The van der Waals surface area contributed by atoms with Gasteiger partial charge in [-0.15, -0.1) is 0 Å². The number of aromatic nitrogens is 1. The Balaban J connectivity index is 2.49. The van der Waals surface area contributed by atoms with Crippen molar-refractivity contribution in [2.45, 2.75) is 6.42 Å². The van der Waals surface area contributed by atoms with Gasteiger partial charge in [0.05, 0.1) is 23.2 Å². The van der Waals surface area contributed by atoms with Crippen molar-refractivity contribution < 1.29 is 4.39 Å². The molecule has 0 amide bonds. The minimum absolute atomic E-state index is 0.232. The zero-order valence-electron chi connectivity index (χ0n) is 8.82. The number of hydrogen-bond donors (Lipinski definition) is 0. The number of halogens is 2. The summed E-state index contributed by atoms with van der Waals surface area (Å²) in [7, 11) is 0. The van der Waals surface area contributed by atoms with Crippen LogP contribution in [0.25, 0.3) is 11.3 Å². The lowest BCUT2D eigenvalue weighted by molar-refractivity contribution is 0.628. The quantitative estimate of drug-likeness (QED) is 0.812. The molecule has 17 heavy (non-hydrogen) atoms. The van der Waals surface area contributed by atoms with Crippen LogP contribution in [0.15, 0.2) is 36.5 Å². The first kappa shape index (κ1) is 11.6. The molecule has 84 valence electrons. The topological polar surface area (TPSA) is 36.7 Å². The van der Waals surface area contributed by atoms with Crippen LogP contribution in [0, 0.1) is 17.1 Å². The van der Waals surface area contributed by atoms with E-state index in [0.717, 1.165) is 11.1 Å². The second kappa shape index (κ2) is 4.94. The zero-order chi connectivity index (χ0) is 12.3. The standard InChI is InChI=1S/C13H8ClFN2/c14-12-9(5-7-16)6-8-17-13(12)10-1-3-11(15)4-2-10/h1-4,6,8H,5H2. The van der Waals surface area contributed by atoms with E-state index < -0.39 is 0 Å². The highest BCUT2D eigenvalue weighted by atomic mass is 35.5. The van der Waals surface area contributed by atoms with Crippen LogP contribution in [0.2, 0.25) is 5.02 Å². The van der Waals surface area contributed by atoms with Gasteiger partial charge < -0.3 is 0 Å². The zero-order valence-corrected chi connectivity index (χ0v) is 9.58. The van der Waals surface area contributed by atoms with E-state index in [1.54, 1.807) is 24.4 Å². The molecule has 0 saturated carbocycles. The van der Waals surface area contributed by atoms with Gasteiger partial charge >= 0.3 is 0 Å². The molecule has 0 N–H and O–H groups in total. The highest BCUT2D eigenvalue weighted by molar-refractivity contribution is 6.33. The Labute approximate surface area is 103 Å². The first-order valence-electron chi connectivity index (χ1n) is 4.98. The molecule has 0 fully saturated rings. The van der Waals surface area contributed by atoms with Crippen LogP contribution in [0.3, 0.4) is 0 Å². The van der Waals surface area contributed by atoms with Gasteiger partial charge in [0.1, 0.15) is 5.82 Å². The van der Waals surface area contributed by atoms with E-state index in [1.807, 2.05) is 6.07 Å². The maximum absolute atomic E-state index is 12.8. The lowest BCUT2D eigenvalue weighted by Gasteiger charge is -2.06. The Kier molecular flexibility index (Phi) is 3.36. The molecular weight excluding hydrogens is 239 g/mol. The third kappa shape index (κ3) is 2.43. The number of hydrogen-bond acceptors (Lipinski definition) is 2. The monoisotopic (exact) mass is 246 g/mol. The first-order valence-corrected chi connectivity index (χ1v) is 5.36. The van der Waals surface area contributed by atoms with E-state index in [2.05, 4.69) is 4.98 Å². The molecule has 0 atom stereocenters. The SMILES string of the molecule is N#CCc1ccnc(-c2ccc(F)cc2)c1Cl. The Morgan fingerprint density at radius 1 is 1.24 bits per heavy atom. The minimum atomic E-state index is -0.307. The van der Waals surface area contributed by atoms with Gasteiger partial charge in [0.15, 0.2) is 0 Å². The van der Waals surface area contributed by atoms with Gasteiger partial charge in [-0.25, -0.2) is 4.39 Å². The van der Waals surface area contributed by atoms with E-state index in [9.17, 15) is 4.39 Å². The molecule has 1 aromatic heterocycles. The smallest absolute Gasteiger partial charge is 0.123 e. The van der Waals surface area contributed by atoms with Gasteiger partial charge in [-0.3, -0.25) is 4.98 Å². The second-order valence-electron chi connectivity index (χ2n) is 3.47. The van der Waals surface area contributed by atoms with Crippen molar-refractivity contribution in [3.8, 4) is 17.3 Å². The van der Waals surface area contributed by atoms with Gasteiger partial charge in [-0.05, 0) is 35.9 Å². The Morgan fingerprint density at radius 3 is 2.59 bits per heavy atom. The van der Waals surface area contributed by atoms with Crippen LogP contribution in [0.1, 0.15) is 5.56 Å². The number of nitrogens with zero attached hydrogens (tertiary/aromatic N) is 2. The van der Waals surface area contributed by atoms with E-state index in [0.29, 0.717) is 10.7 Å². The molecule has 0 spiro atoms. The van der Waals surface area contributed by atoms with Crippen molar-refractivity contribution in [2.24, 2.45) is 0 Å². The maximum atomic E-state index is 12.8. The van der Waals surface area contributed by atoms with Crippen molar-refractivity contribution in [3.05, 3.63) is 52.9 Å². The first-order chi connectivity index (χ1) is 8.22. The Hall–Kier alpha value is -1.92. The second-order valence-corrected chi connectivity index (χ2v) is 3.85. The summed E-state index contributed by atoms with van der Waals surface area (Å²) >= 11 is 6.15. The maximum Gasteiger partial charge on any atom is 0.123 e. The largest absolute Gasteiger partial charge is 0.255 e. The van der Waals surface area contributed by atoms with Gasteiger partial charge in [0.25, 0.3) is 0 Å². The highest BCUT2D eigenvalue weighted by Gasteiger charge is 2.09. The van der Waals surface area contributed by atoms with E-state index >= 15 is 0 Å². The molecule has 2 rings (SSSR count). The van der Waals surface area contributed by atoms with Gasteiger partial charge in [-0.2, -0.15) is 5.26 Å². The van der Waals surface area contributed by atoms with E-state index in [4.69, 9.17) is 16.9 Å². The van der Waals surface area contributed by atoms with E-state index in [-0.39, 0.29) is 12.2 Å². The summed E-state index contributed by atoms with van der Waals surface area (Å²) in [5.41, 5.74) is 2.03. The number of nitriles is 1. The molecule has 0 aliphatic heterocycles. The Morgan fingerprint density at radius 2 is 1.94 bits per heavy atom. The third-order valence-electron chi connectivity index (χ3n) is 2.36. The fraction of sp³-hybridized carbons (Fsp3) is 0.0769. The molecule has 0 saturated heterocycles. The van der Waals surface area contributed by atoms with Gasteiger partial charge in [0, 0.05) is 11.8 Å². The molecule has 0 aliphatic rings. The van der Waals surface area contributed by atoms with Gasteiger partial charge in [-0.1, -0.05) is 11.6 Å². The van der Waals surface area contributed by atoms with E-state index in [1.165, 1.54) is 12.1 Å². The third-order valence-corrected chi connectivity index (χ3v) is 2.78. The molecule has 1 aromatic carbocycles. The van der Waals surface area contributed by atoms with Crippen LogP contribution in [0.5, 0.6) is 0 Å².